The molecule has 1 atom stereocenters. The van der Waals surface area contributed by atoms with E-state index in [1.54, 1.807) is 11.6 Å². The molecule has 0 radical (unpaired) electrons. The van der Waals surface area contributed by atoms with Gasteiger partial charge in [0.15, 0.2) is 0 Å². The van der Waals surface area contributed by atoms with Crippen molar-refractivity contribution in [1.82, 2.24) is 9.55 Å². The first kappa shape index (κ1) is 12.0. The van der Waals surface area contributed by atoms with Crippen LogP contribution in [0, 0.1) is 0 Å². The molecule has 0 fully saturated rings. The summed E-state index contributed by atoms with van der Waals surface area (Å²) in [5.41, 5.74) is 1.21. The van der Waals surface area contributed by atoms with E-state index in [1.165, 1.54) is 6.08 Å². The van der Waals surface area contributed by atoms with Crippen molar-refractivity contribution in [3.05, 3.63) is 40.8 Å². The van der Waals surface area contributed by atoms with Crippen molar-refractivity contribution >= 4 is 11.6 Å². The number of imidazole rings is 1. The van der Waals surface area contributed by atoms with Crippen molar-refractivity contribution < 1.29 is 14.0 Å². The van der Waals surface area contributed by atoms with Crippen LogP contribution in [0.5, 0.6) is 0 Å². The Morgan fingerprint density at radius 3 is 2.84 bits per heavy atom. The Balaban J connectivity index is 2.24. The molecular formula is C14H13FN2O2. The fourth-order valence-corrected chi connectivity index (χ4v) is 2.78. The van der Waals surface area contributed by atoms with E-state index in [-0.39, 0.29) is 11.5 Å². The van der Waals surface area contributed by atoms with Gasteiger partial charge in [0, 0.05) is 25.0 Å². The summed E-state index contributed by atoms with van der Waals surface area (Å²) in [5.74, 6) is -1.16. The fourth-order valence-electron chi connectivity index (χ4n) is 2.78. The molecule has 1 heterocycles. The van der Waals surface area contributed by atoms with Crippen molar-refractivity contribution in [2.45, 2.75) is 25.7 Å². The lowest BCUT2D eigenvalue weighted by atomic mass is 9.79. The summed E-state index contributed by atoms with van der Waals surface area (Å²) in [6.45, 7) is 1.94. The molecule has 0 bridgehead atoms. The molecule has 4 nitrogen and oxygen atoms in total. The number of aryl methyl sites for hydroxylation is 1. The van der Waals surface area contributed by atoms with Crippen molar-refractivity contribution in [2.24, 2.45) is 7.05 Å². The van der Waals surface area contributed by atoms with Crippen LogP contribution in [0.15, 0.2) is 23.6 Å². The second-order valence-electron chi connectivity index (χ2n) is 4.81. The van der Waals surface area contributed by atoms with Crippen LogP contribution in [-0.4, -0.2) is 21.1 Å². The van der Waals surface area contributed by atoms with Gasteiger partial charge < -0.3 is 4.57 Å². The lowest BCUT2D eigenvalue weighted by Crippen LogP contribution is -2.30. The van der Waals surface area contributed by atoms with E-state index in [0.29, 0.717) is 24.2 Å². The highest BCUT2D eigenvalue weighted by molar-refractivity contribution is 6.50. The molecule has 0 saturated carbocycles. The van der Waals surface area contributed by atoms with Crippen molar-refractivity contribution in [3.8, 4) is 0 Å². The highest BCUT2D eigenvalue weighted by Gasteiger charge is 2.41. The summed E-state index contributed by atoms with van der Waals surface area (Å²) in [6.07, 6.45) is 3.66. The monoisotopic (exact) mass is 260 g/mol. The summed E-state index contributed by atoms with van der Waals surface area (Å²) in [7, 11) is 1.74. The largest absolute Gasteiger partial charge is 0.328 e. The van der Waals surface area contributed by atoms with Crippen LogP contribution in [0.4, 0.5) is 4.39 Å². The first-order valence-electron chi connectivity index (χ1n) is 6.26. The minimum absolute atomic E-state index is 0.234. The molecule has 2 aliphatic carbocycles. The molecule has 98 valence electrons. The zero-order valence-corrected chi connectivity index (χ0v) is 10.7. The molecular weight excluding hydrogens is 247 g/mol. The highest BCUT2D eigenvalue weighted by Crippen LogP contribution is 2.39. The normalized spacial score (nSPS) is 21.7. The van der Waals surface area contributed by atoms with Gasteiger partial charge in [-0.05, 0) is 18.6 Å². The third-order valence-corrected chi connectivity index (χ3v) is 3.76. The second-order valence-corrected chi connectivity index (χ2v) is 4.81. The number of carbonyl (C=O) groups excluding carboxylic acids is 2. The van der Waals surface area contributed by atoms with E-state index in [4.69, 9.17) is 0 Å². The third kappa shape index (κ3) is 1.54. The van der Waals surface area contributed by atoms with Gasteiger partial charge in [0.1, 0.15) is 17.3 Å². The van der Waals surface area contributed by atoms with E-state index in [2.05, 4.69) is 4.98 Å². The van der Waals surface area contributed by atoms with Gasteiger partial charge in [-0.3, -0.25) is 9.59 Å². The smallest absolute Gasteiger partial charge is 0.251 e. The number of carbonyl (C=O) groups is 2. The zero-order chi connectivity index (χ0) is 13.7. The van der Waals surface area contributed by atoms with Crippen LogP contribution >= 0.6 is 0 Å². The third-order valence-electron chi connectivity index (χ3n) is 3.76. The van der Waals surface area contributed by atoms with Gasteiger partial charge in [0.2, 0.25) is 5.78 Å². The topological polar surface area (TPSA) is 52.0 Å². The van der Waals surface area contributed by atoms with Crippen LogP contribution in [0.3, 0.4) is 0 Å². The Morgan fingerprint density at radius 1 is 1.42 bits per heavy atom. The Labute approximate surface area is 109 Å². The molecule has 0 aliphatic heterocycles. The van der Waals surface area contributed by atoms with Gasteiger partial charge in [-0.15, -0.1) is 0 Å². The van der Waals surface area contributed by atoms with Crippen LogP contribution in [-0.2, 0) is 18.3 Å². The molecule has 0 aromatic carbocycles. The molecule has 19 heavy (non-hydrogen) atoms. The molecule has 1 unspecified atom stereocenters. The first-order chi connectivity index (χ1) is 9.04. The summed E-state index contributed by atoms with van der Waals surface area (Å²) >= 11 is 0. The molecule has 1 aromatic heterocycles. The number of hydrogen-bond acceptors (Lipinski definition) is 3. The average molecular weight is 260 g/mol. The maximum absolute atomic E-state index is 13.3. The number of fused-ring (bicyclic) bond motifs is 3. The van der Waals surface area contributed by atoms with E-state index >= 15 is 0 Å². The number of halogens is 1. The quantitative estimate of drug-likeness (QED) is 0.726. The Bertz CT molecular complexity index is 667. The predicted octanol–water partition coefficient (Wildman–Crippen LogP) is 2.01. The number of hydrogen-bond donors (Lipinski definition) is 0. The SMILES string of the molecule is CCc1nc2c(n1C)C(=O)C(=O)C1=CC(F)=CCC12. The lowest BCUT2D eigenvalue weighted by molar-refractivity contribution is -0.112. The Morgan fingerprint density at radius 2 is 2.16 bits per heavy atom. The van der Waals surface area contributed by atoms with Crippen molar-refractivity contribution in [2.75, 3.05) is 0 Å². The highest BCUT2D eigenvalue weighted by atomic mass is 19.1. The summed E-state index contributed by atoms with van der Waals surface area (Å²) < 4.78 is 15.0. The number of ketones is 2. The van der Waals surface area contributed by atoms with Crippen LogP contribution in [0.25, 0.3) is 0 Å². The number of rotatable bonds is 1. The van der Waals surface area contributed by atoms with Gasteiger partial charge in [-0.2, -0.15) is 0 Å². The standard InChI is InChI=1S/C14H13FN2O2/c1-3-10-16-11-8-5-4-7(15)6-9(8)13(18)14(19)12(11)17(10)2/h4,6,8H,3,5H2,1-2H3. The van der Waals surface area contributed by atoms with E-state index < -0.39 is 17.4 Å². The molecule has 0 saturated heterocycles. The molecule has 1 aromatic rings. The molecule has 3 rings (SSSR count). The van der Waals surface area contributed by atoms with Gasteiger partial charge >= 0.3 is 0 Å². The number of allylic oxidation sites excluding steroid dienone is 4. The summed E-state index contributed by atoms with van der Waals surface area (Å²) in [6, 6.07) is 0. The van der Waals surface area contributed by atoms with E-state index in [9.17, 15) is 14.0 Å². The van der Waals surface area contributed by atoms with Crippen molar-refractivity contribution in [3.63, 3.8) is 0 Å². The molecule has 0 spiro atoms. The van der Waals surface area contributed by atoms with Crippen LogP contribution < -0.4 is 0 Å². The maximum Gasteiger partial charge on any atom is 0.251 e. The Kier molecular flexibility index (Phi) is 2.52. The number of nitrogens with zero attached hydrogens (tertiary/aromatic N) is 2. The molecule has 0 N–H and O–H groups in total. The van der Waals surface area contributed by atoms with Gasteiger partial charge in [0.25, 0.3) is 5.78 Å². The van der Waals surface area contributed by atoms with E-state index in [0.717, 1.165) is 11.9 Å². The molecule has 2 aliphatic rings. The number of aromatic nitrogens is 2. The summed E-state index contributed by atoms with van der Waals surface area (Å²) in [4.78, 5) is 28.7. The number of Topliss-reactive ketones (excluding diaryl/α,β-unsaturated/α-hetero) is 2. The fraction of sp³-hybridized carbons (Fsp3) is 0.357. The Hall–Kier alpha value is -2.04. The minimum Gasteiger partial charge on any atom is -0.328 e. The minimum atomic E-state index is -0.605. The zero-order valence-electron chi connectivity index (χ0n) is 10.7. The maximum atomic E-state index is 13.3. The average Bonchev–Trinajstić information content (AvgIpc) is 2.73. The molecule has 5 heteroatoms. The van der Waals surface area contributed by atoms with Crippen molar-refractivity contribution in [1.29, 1.82) is 0 Å². The lowest BCUT2D eigenvalue weighted by Gasteiger charge is -2.24. The first-order valence-corrected chi connectivity index (χ1v) is 6.26. The van der Waals surface area contributed by atoms with Crippen LogP contribution in [0.2, 0.25) is 0 Å². The van der Waals surface area contributed by atoms with E-state index in [1.807, 2.05) is 6.92 Å². The second kappa shape index (κ2) is 3.98. The van der Waals surface area contributed by atoms with Gasteiger partial charge in [-0.25, -0.2) is 9.37 Å². The predicted molar refractivity (Wildman–Crippen MR) is 66.6 cm³/mol. The summed E-state index contributed by atoms with van der Waals surface area (Å²) in [5, 5.41) is 0. The van der Waals surface area contributed by atoms with Gasteiger partial charge in [-0.1, -0.05) is 6.92 Å². The van der Waals surface area contributed by atoms with Gasteiger partial charge in [0.05, 0.1) is 5.69 Å². The van der Waals surface area contributed by atoms with Crippen LogP contribution in [0.1, 0.15) is 41.3 Å². The molecule has 0 amide bonds.